The van der Waals surface area contributed by atoms with Gasteiger partial charge in [0.05, 0.1) is 0 Å². The zero-order chi connectivity index (χ0) is 6.91. The Bertz CT molecular complexity index is 101. The SMILES string of the molecule is CC1CC(C)(C)SCN1. The van der Waals surface area contributed by atoms with Crippen LogP contribution in [0.25, 0.3) is 0 Å². The zero-order valence-electron chi connectivity index (χ0n) is 6.40. The van der Waals surface area contributed by atoms with E-state index in [1.165, 1.54) is 6.42 Å². The Kier molecular flexibility index (Phi) is 2.07. The van der Waals surface area contributed by atoms with Crippen molar-refractivity contribution in [2.75, 3.05) is 5.88 Å². The lowest BCUT2D eigenvalue weighted by molar-refractivity contribution is 0.471. The molecule has 1 fully saturated rings. The van der Waals surface area contributed by atoms with Crippen molar-refractivity contribution in [3.63, 3.8) is 0 Å². The molecule has 1 atom stereocenters. The van der Waals surface area contributed by atoms with Crippen LogP contribution >= 0.6 is 11.8 Å². The first-order valence-corrected chi connectivity index (χ1v) is 4.46. The van der Waals surface area contributed by atoms with Crippen LogP contribution in [-0.4, -0.2) is 16.7 Å². The van der Waals surface area contributed by atoms with Crippen LogP contribution in [0, 0.1) is 0 Å². The molecule has 0 aliphatic carbocycles. The van der Waals surface area contributed by atoms with E-state index in [2.05, 4.69) is 26.1 Å². The third-order valence-electron chi connectivity index (χ3n) is 1.69. The first kappa shape index (κ1) is 7.42. The number of thioether (sulfide) groups is 1. The Morgan fingerprint density at radius 1 is 1.56 bits per heavy atom. The molecule has 0 saturated carbocycles. The summed E-state index contributed by atoms with van der Waals surface area (Å²) >= 11 is 2.01. The minimum Gasteiger partial charge on any atom is -0.305 e. The first-order chi connectivity index (χ1) is 4.10. The van der Waals surface area contributed by atoms with Crippen molar-refractivity contribution in [1.82, 2.24) is 5.32 Å². The number of nitrogens with one attached hydrogen (secondary N) is 1. The van der Waals surface area contributed by atoms with Gasteiger partial charge in [0, 0.05) is 16.7 Å². The van der Waals surface area contributed by atoms with E-state index in [4.69, 9.17) is 0 Å². The highest BCUT2D eigenvalue weighted by Crippen LogP contribution is 2.31. The predicted molar refractivity (Wildman–Crippen MR) is 43.8 cm³/mol. The Hall–Kier alpha value is 0.310. The summed E-state index contributed by atoms with van der Waals surface area (Å²) in [5.41, 5.74) is 0. The molecule has 1 N–H and O–H groups in total. The maximum atomic E-state index is 3.40. The summed E-state index contributed by atoms with van der Waals surface area (Å²) in [5, 5.41) is 3.40. The minimum atomic E-state index is 0.505. The van der Waals surface area contributed by atoms with Gasteiger partial charge in [-0.2, -0.15) is 0 Å². The van der Waals surface area contributed by atoms with Gasteiger partial charge in [0.15, 0.2) is 0 Å². The molecule has 0 bridgehead atoms. The van der Waals surface area contributed by atoms with E-state index >= 15 is 0 Å². The third-order valence-corrected chi connectivity index (χ3v) is 2.95. The van der Waals surface area contributed by atoms with Gasteiger partial charge in [-0.3, -0.25) is 0 Å². The quantitative estimate of drug-likeness (QED) is 0.558. The van der Waals surface area contributed by atoms with Crippen molar-refractivity contribution in [2.24, 2.45) is 0 Å². The highest BCUT2D eigenvalue weighted by atomic mass is 32.2. The molecule has 2 heteroatoms. The molecule has 9 heavy (non-hydrogen) atoms. The van der Waals surface area contributed by atoms with Gasteiger partial charge in [-0.25, -0.2) is 0 Å². The molecule has 1 saturated heterocycles. The lowest BCUT2D eigenvalue weighted by Gasteiger charge is -2.33. The van der Waals surface area contributed by atoms with Gasteiger partial charge in [-0.1, -0.05) is 13.8 Å². The Balaban J connectivity index is 2.41. The number of hydrogen-bond acceptors (Lipinski definition) is 2. The monoisotopic (exact) mass is 145 g/mol. The van der Waals surface area contributed by atoms with E-state index in [1.807, 2.05) is 11.8 Å². The smallest absolute Gasteiger partial charge is 0.0425 e. The van der Waals surface area contributed by atoms with Crippen molar-refractivity contribution in [2.45, 2.75) is 38.0 Å². The summed E-state index contributed by atoms with van der Waals surface area (Å²) < 4.78 is 0.505. The molecular formula is C7H15NS. The molecule has 0 radical (unpaired) electrons. The fraction of sp³-hybridized carbons (Fsp3) is 1.00. The van der Waals surface area contributed by atoms with E-state index in [9.17, 15) is 0 Å². The average Bonchev–Trinajstić information content (AvgIpc) is 1.60. The zero-order valence-corrected chi connectivity index (χ0v) is 7.22. The van der Waals surface area contributed by atoms with Gasteiger partial charge < -0.3 is 5.32 Å². The number of hydrogen-bond donors (Lipinski definition) is 1. The molecule has 1 nitrogen and oxygen atoms in total. The van der Waals surface area contributed by atoms with Crippen LogP contribution in [0.15, 0.2) is 0 Å². The largest absolute Gasteiger partial charge is 0.305 e. The summed E-state index contributed by atoms with van der Waals surface area (Å²) in [7, 11) is 0. The van der Waals surface area contributed by atoms with Crippen molar-refractivity contribution in [1.29, 1.82) is 0 Å². The second-order valence-corrected chi connectivity index (χ2v) is 5.04. The molecule has 1 rings (SSSR count). The standard InChI is InChI=1S/C7H15NS/c1-6-4-7(2,3)9-5-8-6/h6,8H,4-5H2,1-3H3. The predicted octanol–water partition coefficient (Wildman–Crippen LogP) is 1.84. The molecule has 1 aliphatic heterocycles. The molecular weight excluding hydrogens is 130 g/mol. The maximum absolute atomic E-state index is 3.40. The van der Waals surface area contributed by atoms with Crippen LogP contribution in [-0.2, 0) is 0 Å². The lowest BCUT2D eigenvalue weighted by atomic mass is 10.0. The summed E-state index contributed by atoms with van der Waals surface area (Å²) in [5.74, 6) is 1.12. The summed E-state index contributed by atoms with van der Waals surface area (Å²) in [6, 6.07) is 0.709. The normalized spacial score (nSPS) is 34.3. The van der Waals surface area contributed by atoms with Crippen LogP contribution in [0.5, 0.6) is 0 Å². The number of rotatable bonds is 0. The van der Waals surface area contributed by atoms with Gasteiger partial charge in [0.1, 0.15) is 0 Å². The molecule has 0 aromatic rings. The van der Waals surface area contributed by atoms with Crippen LogP contribution in [0.3, 0.4) is 0 Å². The van der Waals surface area contributed by atoms with Gasteiger partial charge >= 0.3 is 0 Å². The molecule has 1 aliphatic rings. The second kappa shape index (κ2) is 2.51. The van der Waals surface area contributed by atoms with Crippen LogP contribution in [0.2, 0.25) is 0 Å². The fourth-order valence-corrected chi connectivity index (χ4v) is 2.37. The summed E-state index contributed by atoms with van der Waals surface area (Å²) in [6.45, 7) is 6.88. The molecule has 1 unspecified atom stereocenters. The third kappa shape index (κ3) is 2.18. The molecule has 1 heterocycles. The van der Waals surface area contributed by atoms with E-state index < -0.39 is 0 Å². The molecule has 0 amide bonds. The highest BCUT2D eigenvalue weighted by Gasteiger charge is 2.25. The fourth-order valence-electron chi connectivity index (χ4n) is 1.25. The topological polar surface area (TPSA) is 12.0 Å². The Morgan fingerprint density at radius 3 is 2.56 bits per heavy atom. The summed E-state index contributed by atoms with van der Waals surface area (Å²) in [6.07, 6.45) is 1.29. The van der Waals surface area contributed by atoms with Crippen molar-refractivity contribution >= 4 is 11.8 Å². The van der Waals surface area contributed by atoms with Gasteiger partial charge in [-0.15, -0.1) is 11.8 Å². The Morgan fingerprint density at radius 2 is 2.22 bits per heavy atom. The highest BCUT2D eigenvalue weighted by molar-refractivity contribution is 8.00. The molecule has 0 aromatic carbocycles. The van der Waals surface area contributed by atoms with Gasteiger partial charge in [0.2, 0.25) is 0 Å². The van der Waals surface area contributed by atoms with Crippen LogP contribution < -0.4 is 5.32 Å². The van der Waals surface area contributed by atoms with Crippen LogP contribution in [0.4, 0.5) is 0 Å². The van der Waals surface area contributed by atoms with Crippen molar-refractivity contribution < 1.29 is 0 Å². The molecule has 0 aromatic heterocycles. The summed E-state index contributed by atoms with van der Waals surface area (Å²) in [4.78, 5) is 0. The molecule has 54 valence electrons. The molecule has 0 spiro atoms. The van der Waals surface area contributed by atoms with Gasteiger partial charge in [0.25, 0.3) is 0 Å². The first-order valence-electron chi connectivity index (χ1n) is 3.47. The minimum absolute atomic E-state index is 0.505. The van der Waals surface area contributed by atoms with E-state index in [1.54, 1.807) is 0 Å². The van der Waals surface area contributed by atoms with E-state index in [-0.39, 0.29) is 0 Å². The van der Waals surface area contributed by atoms with Crippen molar-refractivity contribution in [3.05, 3.63) is 0 Å². The van der Waals surface area contributed by atoms with E-state index in [0.29, 0.717) is 10.8 Å². The van der Waals surface area contributed by atoms with Crippen molar-refractivity contribution in [3.8, 4) is 0 Å². The average molecular weight is 145 g/mol. The van der Waals surface area contributed by atoms with Gasteiger partial charge in [-0.05, 0) is 13.3 Å². The lowest BCUT2D eigenvalue weighted by Crippen LogP contribution is -2.39. The Labute approximate surface area is 61.6 Å². The van der Waals surface area contributed by atoms with Crippen LogP contribution in [0.1, 0.15) is 27.2 Å². The maximum Gasteiger partial charge on any atom is 0.0425 e. The second-order valence-electron chi connectivity index (χ2n) is 3.36. The van der Waals surface area contributed by atoms with E-state index in [0.717, 1.165) is 5.88 Å².